The van der Waals surface area contributed by atoms with Gasteiger partial charge in [0.15, 0.2) is 0 Å². The fourth-order valence-corrected chi connectivity index (χ4v) is 3.61. The number of nitrogens with zero attached hydrogens (tertiary/aromatic N) is 6. The fraction of sp³-hybridized carbons (Fsp3) is 0.421. The molecule has 2 aromatic heterocycles. The molecule has 4 rings (SSSR count). The molecule has 0 bridgehead atoms. The zero-order chi connectivity index (χ0) is 20.2. The summed E-state index contributed by atoms with van der Waals surface area (Å²) < 4.78 is 1.79. The van der Waals surface area contributed by atoms with E-state index in [4.69, 9.17) is 5.21 Å². The molecular weight excluding hydrogens is 372 g/mol. The number of fused-ring (bicyclic) bond motifs is 1. The Labute approximate surface area is 167 Å². The monoisotopic (exact) mass is 396 g/mol. The van der Waals surface area contributed by atoms with Crippen LogP contribution in [0.5, 0.6) is 0 Å². The number of hydrogen-bond donors (Lipinski definition) is 3. The van der Waals surface area contributed by atoms with Gasteiger partial charge in [0, 0.05) is 39.1 Å². The number of piperidine rings is 1. The van der Waals surface area contributed by atoms with Gasteiger partial charge < -0.3 is 10.2 Å². The third-order valence-electron chi connectivity index (χ3n) is 5.34. The molecule has 1 aromatic carbocycles. The van der Waals surface area contributed by atoms with E-state index >= 15 is 0 Å². The molecule has 3 heterocycles. The van der Waals surface area contributed by atoms with Gasteiger partial charge in [-0.2, -0.15) is 0 Å². The molecule has 1 fully saturated rings. The van der Waals surface area contributed by atoms with Crippen LogP contribution in [0.4, 0.5) is 5.95 Å². The molecule has 1 aliphatic heterocycles. The van der Waals surface area contributed by atoms with Gasteiger partial charge in [0.25, 0.3) is 5.91 Å². The summed E-state index contributed by atoms with van der Waals surface area (Å²) in [4.78, 5) is 22.0. The van der Waals surface area contributed by atoms with Crippen LogP contribution < -0.4 is 15.7 Å². The molecule has 10 nitrogen and oxygen atoms in total. The molecule has 10 heteroatoms. The van der Waals surface area contributed by atoms with E-state index in [9.17, 15) is 4.79 Å². The van der Waals surface area contributed by atoms with Gasteiger partial charge in [-0.05, 0) is 43.0 Å². The zero-order valence-electron chi connectivity index (χ0n) is 16.2. The molecule has 0 aliphatic carbocycles. The Kier molecular flexibility index (Phi) is 5.63. The molecule has 0 unspecified atom stereocenters. The maximum absolute atomic E-state index is 11.3. The van der Waals surface area contributed by atoms with Crippen molar-refractivity contribution in [1.82, 2.24) is 35.8 Å². The summed E-state index contributed by atoms with van der Waals surface area (Å²) >= 11 is 0. The third-order valence-corrected chi connectivity index (χ3v) is 5.34. The highest BCUT2D eigenvalue weighted by Crippen LogP contribution is 2.20. The molecule has 1 aliphatic rings. The predicted octanol–water partition coefficient (Wildman–Crippen LogP) is 0.884. The van der Waals surface area contributed by atoms with Gasteiger partial charge in [0.1, 0.15) is 5.52 Å². The molecule has 0 atom stereocenters. The smallest absolute Gasteiger partial charge is 0.277 e. The number of aryl methyl sites for hydroxylation is 1. The topological polar surface area (TPSA) is 121 Å². The highest BCUT2D eigenvalue weighted by molar-refractivity contribution is 5.92. The van der Waals surface area contributed by atoms with Crippen LogP contribution in [0, 0.1) is 5.92 Å². The van der Waals surface area contributed by atoms with Gasteiger partial charge in [0.2, 0.25) is 5.95 Å². The normalized spacial score (nSPS) is 15.0. The quantitative estimate of drug-likeness (QED) is 0.415. The Bertz CT molecular complexity index is 980. The lowest BCUT2D eigenvalue weighted by Crippen LogP contribution is -2.38. The summed E-state index contributed by atoms with van der Waals surface area (Å²) in [5.74, 6) is 0.608. The maximum atomic E-state index is 11.3. The summed E-state index contributed by atoms with van der Waals surface area (Å²) in [7, 11) is 1.90. The first-order valence-corrected chi connectivity index (χ1v) is 9.64. The number of carbonyl (C=O) groups excluding carboxylic acids is 1. The van der Waals surface area contributed by atoms with Gasteiger partial charge >= 0.3 is 0 Å². The van der Waals surface area contributed by atoms with E-state index in [0.717, 1.165) is 50.1 Å². The van der Waals surface area contributed by atoms with Crippen LogP contribution in [0.3, 0.4) is 0 Å². The standard InChI is InChI=1S/C19H24N8O2/c1-26-17-8-14(2-3-16(17)23-25-26)10-20-9-13-4-6-27(7-5-13)19-21-11-15(12-22-19)18(28)24-29/h2-3,8,11-13,20,29H,4-7,9-10H2,1H3,(H,24,28). The molecule has 0 spiro atoms. The number of aromatic nitrogens is 5. The number of amides is 1. The Morgan fingerprint density at radius 2 is 2.00 bits per heavy atom. The van der Waals surface area contributed by atoms with Gasteiger partial charge in [-0.15, -0.1) is 5.10 Å². The maximum Gasteiger partial charge on any atom is 0.277 e. The second-order valence-electron chi connectivity index (χ2n) is 7.31. The average Bonchev–Trinajstić information content (AvgIpc) is 3.14. The Morgan fingerprint density at radius 3 is 2.72 bits per heavy atom. The summed E-state index contributed by atoms with van der Waals surface area (Å²) in [6.07, 6.45) is 4.96. The summed E-state index contributed by atoms with van der Waals surface area (Å²) in [5.41, 5.74) is 4.99. The molecular formula is C19H24N8O2. The molecule has 0 radical (unpaired) electrons. The second-order valence-corrected chi connectivity index (χ2v) is 7.31. The van der Waals surface area contributed by atoms with Crippen LogP contribution in [0.15, 0.2) is 30.6 Å². The first-order chi connectivity index (χ1) is 14.1. The minimum Gasteiger partial charge on any atom is -0.341 e. The van der Waals surface area contributed by atoms with E-state index in [1.54, 1.807) is 10.2 Å². The SMILES string of the molecule is Cn1nnc2ccc(CNCC3CCN(c4ncc(C(=O)NO)cn4)CC3)cc21. The van der Waals surface area contributed by atoms with Gasteiger partial charge in [-0.25, -0.2) is 20.1 Å². The first kappa shape index (κ1) is 19.2. The van der Waals surface area contributed by atoms with E-state index < -0.39 is 5.91 Å². The number of benzene rings is 1. The van der Waals surface area contributed by atoms with Gasteiger partial charge in [-0.1, -0.05) is 11.3 Å². The van der Waals surface area contributed by atoms with Gasteiger partial charge in [0.05, 0.1) is 11.1 Å². The molecule has 0 saturated carbocycles. The van der Waals surface area contributed by atoms with Crippen molar-refractivity contribution < 1.29 is 10.0 Å². The molecule has 1 saturated heterocycles. The van der Waals surface area contributed by atoms with Crippen LogP contribution in [0.2, 0.25) is 0 Å². The number of carbonyl (C=O) groups is 1. The summed E-state index contributed by atoms with van der Waals surface area (Å²) in [6, 6.07) is 6.22. The average molecular weight is 396 g/mol. The van der Waals surface area contributed by atoms with Crippen LogP contribution >= 0.6 is 0 Å². The summed E-state index contributed by atoms with van der Waals surface area (Å²) in [6.45, 7) is 3.54. The number of anilines is 1. The van der Waals surface area contributed by atoms with Crippen LogP contribution in [-0.4, -0.2) is 55.7 Å². The largest absolute Gasteiger partial charge is 0.341 e. The van der Waals surface area contributed by atoms with Crippen LogP contribution in [-0.2, 0) is 13.6 Å². The highest BCUT2D eigenvalue weighted by atomic mass is 16.5. The van der Waals surface area contributed by atoms with Crippen LogP contribution in [0.25, 0.3) is 11.0 Å². The lowest BCUT2D eigenvalue weighted by Gasteiger charge is -2.32. The highest BCUT2D eigenvalue weighted by Gasteiger charge is 2.21. The van der Waals surface area contributed by atoms with Crippen molar-refractivity contribution in [1.29, 1.82) is 0 Å². The second kappa shape index (κ2) is 8.50. The molecule has 1 amide bonds. The molecule has 3 N–H and O–H groups in total. The molecule has 152 valence electrons. The summed E-state index contributed by atoms with van der Waals surface area (Å²) in [5, 5.41) is 20.4. The fourth-order valence-electron chi connectivity index (χ4n) is 3.61. The minimum atomic E-state index is -0.611. The van der Waals surface area contributed by atoms with Gasteiger partial charge in [-0.3, -0.25) is 10.0 Å². The number of hydrogen-bond acceptors (Lipinski definition) is 8. The van der Waals surface area contributed by atoms with Crippen molar-refractivity contribution in [3.63, 3.8) is 0 Å². The number of nitrogens with one attached hydrogen (secondary N) is 2. The molecule has 29 heavy (non-hydrogen) atoms. The van der Waals surface area contributed by atoms with E-state index in [0.29, 0.717) is 11.9 Å². The third kappa shape index (κ3) is 4.33. The number of rotatable bonds is 6. The van der Waals surface area contributed by atoms with E-state index in [1.165, 1.54) is 18.0 Å². The van der Waals surface area contributed by atoms with Crippen LogP contribution in [0.1, 0.15) is 28.8 Å². The van der Waals surface area contributed by atoms with Crippen molar-refractivity contribution >= 4 is 22.9 Å². The Hall–Kier alpha value is -3.11. The van der Waals surface area contributed by atoms with Crippen molar-refractivity contribution in [3.05, 3.63) is 41.7 Å². The predicted molar refractivity (Wildman–Crippen MR) is 106 cm³/mol. The minimum absolute atomic E-state index is 0.232. The molecule has 3 aromatic rings. The lowest BCUT2D eigenvalue weighted by atomic mass is 9.97. The Balaban J connectivity index is 1.24. The van der Waals surface area contributed by atoms with Crippen molar-refractivity contribution in [2.24, 2.45) is 13.0 Å². The first-order valence-electron chi connectivity index (χ1n) is 9.64. The number of hydroxylamine groups is 1. The van der Waals surface area contributed by atoms with E-state index in [1.807, 2.05) is 13.1 Å². The van der Waals surface area contributed by atoms with Crippen molar-refractivity contribution in [3.8, 4) is 0 Å². The van der Waals surface area contributed by atoms with E-state index in [-0.39, 0.29) is 5.56 Å². The Morgan fingerprint density at radius 1 is 1.24 bits per heavy atom. The van der Waals surface area contributed by atoms with E-state index in [2.05, 4.69) is 42.6 Å². The lowest BCUT2D eigenvalue weighted by molar-refractivity contribution is 0.0705. The van der Waals surface area contributed by atoms with Crippen molar-refractivity contribution in [2.75, 3.05) is 24.5 Å². The zero-order valence-corrected chi connectivity index (χ0v) is 16.2. The van der Waals surface area contributed by atoms with Crippen molar-refractivity contribution in [2.45, 2.75) is 19.4 Å².